The number of nitrogens with zero attached hydrogens (tertiary/aromatic N) is 4. The van der Waals surface area contributed by atoms with E-state index in [0.717, 1.165) is 29.8 Å². The molecule has 1 aromatic carbocycles. The molecule has 0 aliphatic carbocycles. The van der Waals surface area contributed by atoms with Crippen molar-refractivity contribution in [3.8, 4) is 17.2 Å². The zero-order chi connectivity index (χ0) is 20.1. The van der Waals surface area contributed by atoms with Gasteiger partial charge < -0.3 is 5.32 Å². The van der Waals surface area contributed by atoms with Crippen LogP contribution in [0.15, 0.2) is 42.6 Å². The van der Waals surface area contributed by atoms with Gasteiger partial charge in [-0.2, -0.15) is 10.4 Å². The molecule has 142 valence electrons. The summed E-state index contributed by atoms with van der Waals surface area (Å²) in [5, 5.41) is 16.3. The third kappa shape index (κ3) is 4.26. The molecule has 0 aliphatic rings. The fourth-order valence-corrected chi connectivity index (χ4v) is 2.98. The van der Waals surface area contributed by atoms with Gasteiger partial charge in [-0.05, 0) is 62.6 Å². The molecule has 6 nitrogen and oxygen atoms in total. The maximum atomic E-state index is 12.3. The van der Waals surface area contributed by atoms with Gasteiger partial charge in [0.2, 0.25) is 0 Å². The topological polar surface area (TPSA) is 83.6 Å². The third-order valence-electron chi connectivity index (χ3n) is 4.93. The number of aryl methyl sites for hydroxylation is 2. The number of hydrogen-bond acceptors (Lipinski definition) is 4. The Morgan fingerprint density at radius 2 is 1.82 bits per heavy atom. The fourth-order valence-electron chi connectivity index (χ4n) is 2.98. The summed E-state index contributed by atoms with van der Waals surface area (Å²) in [4.78, 5) is 16.4. The molecule has 2 heterocycles. The van der Waals surface area contributed by atoms with Crippen molar-refractivity contribution in [1.82, 2.24) is 20.1 Å². The lowest BCUT2D eigenvalue weighted by atomic mass is 10.1. The maximum absolute atomic E-state index is 12.3. The Morgan fingerprint density at radius 1 is 1.11 bits per heavy atom. The Morgan fingerprint density at radius 3 is 2.39 bits per heavy atom. The van der Waals surface area contributed by atoms with Crippen LogP contribution in [-0.2, 0) is 6.54 Å². The second-order valence-corrected chi connectivity index (χ2v) is 6.75. The van der Waals surface area contributed by atoms with Crippen LogP contribution in [-0.4, -0.2) is 27.2 Å². The van der Waals surface area contributed by atoms with E-state index >= 15 is 0 Å². The predicted octanol–water partition coefficient (Wildman–Crippen LogP) is 3.56. The zero-order valence-corrected chi connectivity index (χ0v) is 16.4. The minimum atomic E-state index is -0.0888. The monoisotopic (exact) mass is 373 g/mol. The maximum Gasteiger partial charge on any atom is 0.251 e. The SMILES string of the molecule is Cc1nn(CCCNC(=O)c2ccc(-c3ccc(C#N)nc3)cc2)c(C)c1C. The normalized spacial score (nSPS) is 10.5. The van der Waals surface area contributed by atoms with E-state index in [1.54, 1.807) is 24.4 Å². The van der Waals surface area contributed by atoms with Gasteiger partial charge in [-0.25, -0.2) is 4.98 Å². The lowest BCUT2D eigenvalue weighted by Gasteiger charge is -2.08. The molecule has 6 heteroatoms. The molecule has 28 heavy (non-hydrogen) atoms. The van der Waals surface area contributed by atoms with Gasteiger partial charge in [0.05, 0.1) is 5.69 Å². The van der Waals surface area contributed by atoms with Crippen molar-refractivity contribution < 1.29 is 4.79 Å². The quantitative estimate of drug-likeness (QED) is 0.670. The summed E-state index contributed by atoms with van der Waals surface area (Å²) in [7, 11) is 0. The van der Waals surface area contributed by atoms with Gasteiger partial charge in [-0.1, -0.05) is 12.1 Å². The Bertz CT molecular complexity index is 1010. The highest BCUT2D eigenvalue weighted by atomic mass is 16.1. The lowest BCUT2D eigenvalue weighted by Crippen LogP contribution is -2.25. The van der Waals surface area contributed by atoms with Crippen LogP contribution in [0.2, 0.25) is 0 Å². The van der Waals surface area contributed by atoms with Crippen molar-refractivity contribution in [2.24, 2.45) is 0 Å². The standard InChI is InChI=1S/C22H23N5O/c1-15-16(2)26-27(17(15)3)12-4-11-24-22(28)19-7-5-18(6-8-19)20-9-10-21(13-23)25-14-20/h5-10,14H,4,11-12H2,1-3H3,(H,24,28). The largest absolute Gasteiger partial charge is 0.352 e. The van der Waals surface area contributed by atoms with Crippen LogP contribution < -0.4 is 5.32 Å². The smallest absolute Gasteiger partial charge is 0.251 e. The van der Waals surface area contributed by atoms with Crippen LogP contribution in [0.4, 0.5) is 0 Å². The molecule has 0 aliphatic heterocycles. The highest BCUT2D eigenvalue weighted by Crippen LogP contribution is 2.19. The van der Waals surface area contributed by atoms with Crippen molar-refractivity contribution in [3.05, 3.63) is 70.8 Å². The number of benzene rings is 1. The van der Waals surface area contributed by atoms with E-state index in [2.05, 4.69) is 29.2 Å². The molecule has 1 N–H and O–H groups in total. The van der Waals surface area contributed by atoms with Crippen LogP contribution in [0.1, 0.15) is 39.4 Å². The molecule has 2 aromatic heterocycles. The molecule has 0 bridgehead atoms. The van der Waals surface area contributed by atoms with E-state index in [0.29, 0.717) is 17.8 Å². The summed E-state index contributed by atoms with van der Waals surface area (Å²) in [6.07, 6.45) is 2.48. The Labute approximate surface area is 164 Å². The molecular weight excluding hydrogens is 350 g/mol. The van der Waals surface area contributed by atoms with Crippen molar-refractivity contribution in [1.29, 1.82) is 5.26 Å². The van der Waals surface area contributed by atoms with E-state index in [-0.39, 0.29) is 5.91 Å². The van der Waals surface area contributed by atoms with Crippen LogP contribution in [0.3, 0.4) is 0 Å². The molecular formula is C22H23N5O. The van der Waals surface area contributed by atoms with E-state index in [1.807, 2.05) is 35.9 Å². The van der Waals surface area contributed by atoms with E-state index < -0.39 is 0 Å². The Hall–Kier alpha value is -3.46. The van der Waals surface area contributed by atoms with Gasteiger partial charge in [-0.15, -0.1) is 0 Å². The molecule has 0 fully saturated rings. The average molecular weight is 373 g/mol. The van der Waals surface area contributed by atoms with Gasteiger partial charge in [-0.3, -0.25) is 9.48 Å². The molecule has 3 aromatic rings. The van der Waals surface area contributed by atoms with E-state index in [1.165, 1.54) is 11.3 Å². The second-order valence-electron chi connectivity index (χ2n) is 6.75. The number of nitrogens with one attached hydrogen (secondary N) is 1. The minimum Gasteiger partial charge on any atom is -0.352 e. The Balaban J connectivity index is 1.53. The van der Waals surface area contributed by atoms with Crippen LogP contribution in [0.5, 0.6) is 0 Å². The first-order valence-electron chi connectivity index (χ1n) is 9.25. The van der Waals surface area contributed by atoms with Crippen LogP contribution >= 0.6 is 0 Å². The average Bonchev–Trinajstić information content (AvgIpc) is 2.98. The molecule has 0 saturated carbocycles. The molecule has 0 radical (unpaired) electrons. The predicted molar refractivity (Wildman–Crippen MR) is 108 cm³/mol. The van der Waals surface area contributed by atoms with Gasteiger partial charge in [0.25, 0.3) is 5.91 Å². The lowest BCUT2D eigenvalue weighted by molar-refractivity contribution is 0.0952. The Kier molecular flexibility index (Phi) is 5.85. The van der Waals surface area contributed by atoms with E-state index in [4.69, 9.17) is 5.26 Å². The number of carbonyl (C=O) groups excluding carboxylic acids is 1. The first-order valence-corrected chi connectivity index (χ1v) is 9.25. The molecule has 0 atom stereocenters. The van der Waals surface area contributed by atoms with E-state index in [9.17, 15) is 4.79 Å². The summed E-state index contributed by atoms with van der Waals surface area (Å²) >= 11 is 0. The van der Waals surface area contributed by atoms with Crippen LogP contribution in [0.25, 0.3) is 11.1 Å². The van der Waals surface area contributed by atoms with Crippen molar-refractivity contribution >= 4 is 5.91 Å². The first kappa shape index (κ1) is 19.3. The number of rotatable bonds is 6. The van der Waals surface area contributed by atoms with Gasteiger partial charge in [0.1, 0.15) is 11.8 Å². The number of amides is 1. The third-order valence-corrected chi connectivity index (χ3v) is 4.93. The highest BCUT2D eigenvalue weighted by molar-refractivity contribution is 5.94. The molecule has 3 rings (SSSR count). The fraction of sp³-hybridized carbons (Fsp3) is 0.273. The van der Waals surface area contributed by atoms with Gasteiger partial charge >= 0.3 is 0 Å². The second kappa shape index (κ2) is 8.49. The number of nitriles is 1. The number of hydrogen-bond donors (Lipinski definition) is 1. The first-order chi connectivity index (χ1) is 13.5. The number of carbonyl (C=O) groups is 1. The minimum absolute atomic E-state index is 0.0888. The molecule has 0 saturated heterocycles. The summed E-state index contributed by atoms with van der Waals surface area (Å²) in [6.45, 7) is 7.54. The molecule has 0 spiro atoms. The summed E-state index contributed by atoms with van der Waals surface area (Å²) in [5.41, 5.74) is 6.32. The van der Waals surface area contributed by atoms with Gasteiger partial charge in [0, 0.05) is 36.1 Å². The number of aromatic nitrogens is 3. The molecule has 0 unspecified atom stereocenters. The van der Waals surface area contributed by atoms with Crippen molar-refractivity contribution in [2.45, 2.75) is 33.7 Å². The number of pyridine rings is 1. The summed E-state index contributed by atoms with van der Waals surface area (Å²) in [5.74, 6) is -0.0888. The van der Waals surface area contributed by atoms with Crippen molar-refractivity contribution in [3.63, 3.8) is 0 Å². The van der Waals surface area contributed by atoms with Crippen molar-refractivity contribution in [2.75, 3.05) is 6.54 Å². The molecule has 1 amide bonds. The zero-order valence-electron chi connectivity index (χ0n) is 16.4. The summed E-state index contributed by atoms with van der Waals surface area (Å²) < 4.78 is 2.00. The summed E-state index contributed by atoms with van der Waals surface area (Å²) in [6, 6.07) is 12.9. The highest BCUT2D eigenvalue weighted by Gasteiger charge is 2.08. The van der Waals surface area contributed by atoms with Crippen LogP contribution in [0, 0.1) is 32.1 Å². The van der Waals surface area contributed by atoms with Gasteiger partial charge in [0.15, 0.2) is 0 Å².